The van der Waals surface area contributed by atoms with Gasteiger partial charge in [0, 0.05) is 36.1 Å². The smallest absolute Gasteiger partial charge is 0.225 e. The Morgan fingerprint density at radius 3 is 2.32 bits per heavy atom. The number of rotatable bonds is 5. The van der Waals surface area contributed by atoms with Crippen molar-refractivity contribution in [3.8, 4) is 11.3 Å². The van der Waals surface area contributed by atoms with Crippen LogP contribution >= 0.6 is 0 Å². The normalized spacial score (nSPS) is 11.2. The summed E-state index contributed by atoms with van der Waals surface area (Å²) in [6, 6.07) is 16.1. The number of hydrogen-bond acceptors (Lipinski definition) is 5. The van der Waals surface area contributed by atoms with E-state index >= 15 is 0 Å². The van der Waals surface area contributed by atoms with E-state index in [2.05, 4.69) is 58.5 Å². The second-order valence-corrected chi connectivity index (χ2v) is 6.91. The number of nitrogens with one attached hydrogen (secondary N) is 2. The van der Waals surface area contributed by atoms with Crippen LogP contribution in [-0.2, 0) is 6.54 Å². The summed E-state index contributed by atoms with van der Waals surface area (Å²) in [6.45, 7) is 6.96. The van der Waals surface area contributed by atoms with Crippen molar-refractivity contribution in [3.05, 3.63) is 66.5 Å². The van der Waals surface area contributed by atoms with Gasteiger partial charge in [-0.2, -0.15) is 4.98 Å². The zero-order valence-corrected chi connectivity index (χ0v) is 14.8. The second-order valence-electron chi connectivity index (χ2n) is 6.91. The van der Waals surface area contributed by atoms with Crippen LogP contribution in [0.3, 0.4) is 0 Å². The summed E-state index contributed by atoms with van der Waals surface area (Å²) in [6.07, 6.45) is 3.58. The van der Waals surface area contributed by atoms with Crippen molar-refractivity contribution in [3.63, 3.8) is 0 Å². The third kappa shape index (κ3) is 5.01. The number of aromatic nitrogens is 3. The highest BCUT2D eigenvalue weighted by Crippen LogP contribution is 2.23. The topological polar surface area (TPSA) is 62.7 Å². The molecule has 0 aliphatic carbocycles. The zero-order valence-electron chi connectivity index (χ0n) is 14.8. The molecule has 0 fully saturated rings. The lowest BCUT2D eigenvalue weighted by Gasteiger charge is -2.21. The van der Waals surface area contributed by atoms with Crippen molar-refractivity contribution in [1.29, 1.82) is 0 Å². The average molecular weight is 333 g/mol. The quantitative estimate of drug-likeness (QED) is 0.726. The van der Waals surface area contributed by atoms with E-state index in [1.807, 2.05) is 36.4 Å². The Morgan fingerprint density at radius 2 is 1.64 bits per heavy atom. The van der Waals surface area contributed by atoms with Crippen LogP contribution in [0.2, 0.25) is 0 Å². The highest BCUT2D eigenvalue weighted by atomic mass is 15.2. The molecule has 128 valence electrons. The predicted octanol–water partition coefficient (Wildman–Crippen LogP) is 4.36. The summed E-state index contributed by atoms with van der Waals surface area (Å²) in [4.78, 5) is 13.3. The van der Waals surface area contributed by atoms with Gasteiger partial charge in [-0.05, 0) is 38.5 Å². The molecule has 25 heavy (non-hydrogen) atoms. The summed E-state index contributed by atoms with van der Waals surface area (Å²) in [7, 11) is 0. The largest absolute Gasteiger partial charge is 0.366 e. The van der Waals surface area contributed by atoms with Gasteiger partial charge in [0.2, 0.25) is 5.95 Å². The van der Waals surface area contributed by atoms with Crippen LogP contribution in [0.25, 0.3) is 11.3 Å². The molecule has 0 saturated heterocycles. The van der Waals surface area contributed by atoms with E-state index in [1.54, 1.807) is 12.4 Å². The van der Waals surface area contributed by atoms with Gasteiger partial charge in [0.15, 0.2) is 0 Å². The Morgan fingerprint density at radius 1 is 0.920 bits per heavy atom. The number of nitrogens with zero attached hydrogens (tertiary/aromatic N) is 3. The highest BCUT2D eigenvalue weighted by Gasteiger charge is 2.13. The molecule has 2 aromatic heterocycles. The van der Waals surface area contributed by atoms with E-state index in [4.69, 9.17) is 0 Å². The molecule has 3 aromatic rings. The molecular formula is C20H23N5. The van der Waals surface area contributed by atoms with Crippen molar-refractivity contribution < 1.29 is 0 Å². The van der Waals surface area contributed by atoms with Crippen molar-refractivity contribution in [1.82, 2.24) is 15.0 Å². The fourth-order valence-electron chi connectivity index (χ4n) is 2.38. The van der Waals surface area contributed by atoms with Gasteiger partial charge in [0.1, 0.15) is 5.82 Å². The maximum absolute atomic E-state index is 4.67. The number of anilines is 2. The molecule has 0 aliphatic rings. The van der Waals surface area contributed by atoms with E-state index < -0.39 is 0 Å². The van der Waals surface area contributed by atoms with Crippen molar-refractivity contribution in [2.24, 2.45) is 0 Å². The first-order valence-corrected chi connectivity index (χ1v) is 8.35. The van der Waals surface area contributed by atoms with Gasteiger partial charge in [-0.1, -0.05) is 30.3 Å². The van der Waals surface area contributed by atoms with Gasteiger partial charge in [-0.25, -0.2) is 4.98 Å². The molecule has 3 rings (SSSR count). The molecular weight excluding hydrogens is 310 g/mol. The minimum Gasteiger partial charge on any atom is -0.366 e. The summed E-state index contributed by atoms with van der Waals surface area (Å²) in [5, 5.41) is 6.74. The van der Waals surface area contributed by atoms with Gasteiger partial charge in [-0.3, -0.25) is 4.98 Å². The summed E-state index contributed by atoms with van der Waals surface area (Å²) >= 11 is 0. The van der Waals surface area contributed by atoms with Crippen LogP contribution in [0.15, 0.2) is 60.9 Å². The van der Waals surface area contributed by atoms with Crippen LogP contribution < -0.4 is 10.6 Å². The summed E-state index contributed by atoms with van der Waals surface area (Å²) in [5.74, 6) is 1.41. The first kappa shape index (κ1) is 16.9. The fourth-order valence-corrected chi connectivity index (χ4v) is 2.38. The number of hydrogen-bond donors (Lipinski definition) is 2. The van der Waals surface area contributed by atoms with Gasteiger partial charge in [0.05, 0.1) is 5.69 Å². The molecule has 0 aliphatic heterocycles. The van der Waals surface area contributed by atoms with E-state index in [0.29, 0.717) is 12.5 Å². The van der Waals surface area contributed by atoms with Gasteiger partial charge in [0.25, 0.3) is 0 Å². The van der Waals surface area contributed by atoms with E-state index in [1.165, 1.54) is 0 Å². The minimum absolute atomic E-state index is 0.113. The molecule has 0 atom stereocenters. The standard InChI is InChI=1S/C20H23N5/c1-20(2,3)25-19-23-17(16-7-5-4-6-8-16)13-18(24-19)22-14-15-9-11-21-12-10-15/h4-13H,14H2,1-3H3,(H2,22,23,24,25). The monoisotopic (exact) mass is 333 g/mol. The van der Waals surface area contributed by atoms with E-state index in [0.717, 1.165) is 22.6 Å². The Balaban J connectivity index is 1.89. The van der Waals surface area contributed by atoms with Crippen molar-refractivity contribution >= 4 is 11.8 Å². The SMILES string of the molecule is CC(C)(C)Nc1nc(NCc2ccncc2)cc(-c2ccccc2)n1. The summed E-state index contributed by atoms with van der Waals surface area (Å²) in [5.41, 5.74) is 2.99. The molecule has 5 nitrogen and oxygen atoms in total. The molecule has 0 radical (unpaired) electrons. The molecule has 0 spiro atoms. The first-order chi connectivity index (χ1) is 12.0. The first-order valence-electron chi connectivity index (χ1n) is 8.35. The Bertz CT molecular complexity index is 810. The Hall–Kier alpha value is -2.95. The molecule has 5 heteroatoms. The van der Waals surface area contributed by atoms with Crippen molar-refractivity contribution in [2.75, 3.05) is 10.6 Å². The fraction of sp³-hybridized carbons (Fsp3) is 0.250. The second kappa shape index (κ2) is 7.30. The molecule has 0 saturated carbocycles. The van der Waals surface area contributed by atoms with Crippen LogP contribution in [0.1, 0.15) is 26.3 Å². The van der Waals surface area contributed by atoms with Gasteiger partial charge < -0.3 is 10.6 Å². The molecule has 2 heterocycles. The number of pyridine rings is 1. The third-order valence-electron chi connectivity index (χ3n) is 3.51. The van der Waals surface area contributed by atoms with Gasteiger partial charge >= 0.3 is 0 Å². The van der Waals surface area contributed by atoms with Crippen LogP contribution in [0, 0.1) is 0 Å². The van der Waals surface area contributed by atoms with Crippen molar-refractivity contribution in [2.45, 2.75) is 32.9 Å². The molecule has 1 aromatic carbocycles. The Kier molecular flexibility index (Phi) is 4.93. The lowest BCUT2D eigenvalue weighted by Crippen LogP contribution is -2.27. The van der Waals surface area contributed by atoms with Crippen LogP contribution in [0.5, 0.6) is 0 Å². The molecule has 0 bridgehead atoms. The van der Waals surface area contributed by atoms with Crippen LogP contribution in [-0.4, -0.2) is 20.5 Å². The maximum Gasteiger partial charge on any atom is 0.225 e. The highest BCUT2D eigenvalue weighted by molar-refractivity contribution is 5.64. The van der Waals surface area contributed by atoms with E-state index in [9.17, 15) is 0 Å². The average Bonchev–Trinajstić information content (AvgIpc) is 2.60. The zero-order chi connectivity index (χ0) is 17.7. The lowest BCUT2D eigenvalue weighted by molar-refractivity contribution is 0.626. The maximum atomic E-state index is 4.67. The van der Waals surface area contributed by atoms with Gasteiger partial charge in [-0.15, -0.1) is 0 Å². The predicted molar refractivity (Wildman–Crippen MR) is 102 cm³/mol. The molecule has 0 amide bonds. The molecule has 2 N–H and O–H groups in total. The summed E-state index contributed by atoms with van der Waals surface area (Å²) < 4.78 is 0. The minimum atomic E-state index is -0.113. The molecule has 0 unspecified atom stereocenters. The third-order valence-corrected chi connectivity index (χ3v) is 3.51. The Labute approximate surface area is 148 Å². The van der Waals surface area contributed by atoms with E-state index in [-0.39, 0.29) is 5.54 Å². The lowest BCUT2D eigenvalue weighted by atomic mass is 10.1. The number of benzene rings is 1. The van der Waals surface area contributed by atoms with Crippen LogP contribution in [0.4, 0.5) is 11.8 Å².